The van der Waals surface area contributed by atoms with Gasteiger partial charge in [-0.3, -0.25) is 0 Å². The molecule has 2 N–H and O–H groups in total. The fraction of sp³-hybridized carbons (Fsp3) is 0.647. The number of aryl methyl sites for hydroxylation is 1. The summed E-state index contributed by atoms with van der Waals surface area (Å²) < 4.78 is 5.94. The Hall–Kier alpha value is -1.06. The highest BCUT2D eigenvalue weighted by molar-refractivity contribution is 5.40. The highest BCUT2D eigenvalue weighted by Crippen LogP contribution is 2.26. The van der Waals surface area contributed by atoms with Crippen LogP contribution in [0.2, 0.25) is 0 Å². The topological polar surface area (TPSA) is 41.5 Å². The lowest BCUT2D eigenvalue weighted by molar-refractivity contribution is -0.0270. The standard InChI is InChI=1S/C17H29NO2/c1-12(2)17(6,19)11-20-16-14(5)8-7-9-15(16)10-18-13(3)4/h7-9,12-13,18-19H,10-11H2,1-6H3. The smallest absolute Gasteiger partial charge is 0.126 e. The van der Waals surface area contributed by atoms with Gasteiger partial charge in [0.2, 0.25) is 0 Å². The van der Waals surface area contributed by atoms with Crippen molar-refractivity contribution in [2.24, 2.45) is 5.92 Å². The van der Waals surface area contributed by atoms with E-state index in [9.17, 15) is 5.11 Å². The summed E-state index contributed by atoms with van der Waals surface area (Å²) in [5, 5.41) is 13.7. The maximum atomic E-state index is 10.3. The Balaban J connectivity index is 2.82. The van der Waals surface area contributed by atoms with Crippen molar-refractivity contribution in [3.05, 3.63) is 29.3 Å². The normalized spacial score (nSPS) is 14.7. The molecule has 1 rings (SSSR count). The molecule has 0 saturated heterocycles. The molecule has 1 aromatic rings. The molecule has 3 heteroatoms. The molecule has 20 heavy (non-hydrogen) atoms. The number of hydrogen-bond acceptors (Lipinski definition) is 3. The molecule has 0 amide bonds. The molecule has 0 aromatic heterocycles. The van der Waals surface area contributed by atoms with E-state index in [0.29, 0.717) is 12.6 Å². The number of rotatable bonds is 7. The minimum atomic E-state index is -0.814. The molecule has 0 fully saturated rings. The molecule has 0 radical (unpaired) electrons. The fourth-order valence-corrected chi connectivity index (χ4v) is 1.76. The van der Waals surface area contributed by atoms with Gasteiger partial charge in [-0.2, -0.15) is 0 Å². The van der Waals surface area contributed by atoms with E-state index in [-0.39, 0.29) is 5.92 Å². The Morgan fingerprint density at radius 2 is 1.90 bits per heavy atom. The summed E-state index contributed by atoms with van der Waals surface area (Å²) >= 11 is 0. The average Bonchev–Trinajstić information content (AvgIpc) is 2.34. The molecule has 1 unspecified atom stereocenters. The van der Waals surface area contributed by atoms with Crippen LogP contribution in [0.3, 0.4) is 0 Å². The van der Waals surface area contributed by atoms with Crippen LogP contribution >= 0.6 is 0 Å². The molecule has 0 saturated carbocycles. The van der Waals surface area contributed by atoms with Gasteiger partial charge in [-0.25, -0.2) is 0 Å². The third kappa shape index (κ3) is 4.80. The van der Waals surface area contributed by atoms with Crippen LogP contribution in [0.1, 0.15) is 45.7 Å². The average molecular weight is 279 g/mol. The number of nitrogens with one attached hydrogen (secondary N) is 1. The Morgan fingerprint density at radius 1 is 1.25 bits per heavy atom. The second kappa shape index (κ2) is 7.09. The first-order valence-corrected chi connectivity index (χ1v) is 7.41. The van der Waals surface area contributed by atoms with Gasteiger partial charge in [0.15, 0.2) is 0 Å². The van der Waals surface area contributed by atoms with Gasteiger partial charge in [-0.1, -0.05) is 45.9 Å². The number of benzene rings is 1. The Bertz CT molecular complexity index is 425. The van der Waals surface area contributed by atoms with Gasteiger partial charge in [0.25, 0.3) is 0 Å². The van der Waals surface area contributed by atoms with Crippen molar-refractivity contribution >= 4 is 0 Å². The molecule has 0 bridgehead atoms. The van der Waals surface area contributed by atoms with Crippen molar-refractivity contribution in [3.8, 4) is 5.75 Å². The fourth-order valence-electron chi connectivity index (χ4n) is 1.76. The maximum Gasteiger partial charge on any atom is 0.126 e. The lowest BCUT2D eigenvalue weighted by Gasteiger charge is -2.28. The van der Waals surface area contributed by atoms with Crippen molar-refractivity contribution < 1.29 is 9.84 Å². The van der Waals surface area contributed by atoms with E-state index in [0.717, 1.165) is 23.4 Å². The summed E-state index contributed by atoms with van der Waals surface area (Å²) in [6, 6.07) is 6.59. The number of para-hydroxylation sites is 1. The van der Waals surface area contributed by atoms with Crippen LogP contribution in [0.25, 0.3) is 0 Å². The van der Waals surface area contributed by atoms with E-state index >= 15 is 0 Å². The summed E-state index contributed by atoms with van der Waals surface area (Å²) in [5.74, 6) is 1.05. The Labute approximate surface area is 123 Å². The maximum absolute atomic E-state index is 10.3. The predicted octanol–water partition coefficient (Wildman–Crippen LogP) is 3.28. The lowest BCUT2D eigenvalue weighted by Crippen LogP contribution is -2.38. The monoisotopic (exact) mass is 279 g/mol. The molecular formula is C17H29NO2. The minimum absolute atomic E-state index is 0.156. The molecule has 114 valence electrons. The van der Waals surface area contributed by atoms with Crippen molar-refractivity contribution in [1.82, 2.24) is 5.32 Å². The van der Waals surface area contributed by atoms with Gasteiger partial charge in [-0.15, -0.1) is 0 Å². The van der Waals surface area contributed by atoms with Crippen LogP contribution in [0.5, 0.6) is 5.75 Å². The summed E-state index contributed by atoms with van der Waals surface area (Å²) in [6.45, 7) is 13.2. The Morgan fingerprint density at radius 3 is 2.45 bits per heavy atom. The number of hydrogen-bond donors (Lipinski definition) is 2. The van der Waals surface area contributed by atoms with Crippen molar-refractivity contribution in [2.45, 2.75) is 59.7 Å². The van der Waals surface area contributed by atoms with Crippen LogP contribution in [0, 0.1) is 12.8 Å². The Kier molecular flexibility index (Phi) is 6.03. The van der Waals surface area contributed by atoms with E-state index in [2.05, 4.69) is 25.2 Å². The largest absolute Gasteiger partial charge is 0.490 e. The van der Waals surface area contributed by atoms with Crippen molar-refractivity contribution in [3.63, 3.8) is 0 Å². The molecule has 0 aliphatic carbocycles. The highest BCUT2D eigenvalue weighted by Gasteiger charge is 2.26. The SMILES string of the molecule is Cc1cccc(CNC(C)C)c1OCC(C)(O)C(C)C. The molecular weight excluding hydrogens is 250 g/mol. The van der Waals surface area contributed by atoms with Gasteiger partial charge < -0.3 is 15.2 Å². The first kappa shape index (κ1) is 17.0. The summed E-state index contributed by atoms with van der Waals surface area (Å²) in [4.78, 5) is 0. The zero-order chi connectivity index (χ0) is 15.3. The molecule has 0 aliphatic heterocycles. The van der Waals surface area contributed by atoms with Gasteiger partial charge in [0.05, 0.1) is 5.60 Å². The third-order valence-corrected chi connectivity index (χ3v) is 3.75. The zero-order valence-electron chi connectivity index (χ0n) is 13.7. The summed E-state index contributed by atoms with van der Waals surface area (Å²) in [7, 11) is 0. The first-order chi connectivity index (χ1) is 9.24. The molecule has 0 spiro atoms. The predicted molar refractivity (Wildman–Crippen MR) is 84.1 cm³/mol. The molecule has 0 aliphatic rings. The van der Waals surface area contributed by atoms with Crippen molar-refractivity contribution in [2.75, 3.05) is 6.61 Å². The highest BCUT2D eigenvalue weighted by atomic mass is 16.5. The van der Waals surface area contributed by atoms with E-state index in [1.165, 1.54) is 0 Å². The third-order valence-electron chi connectivity index (χ3n) is 3.75. The van der Waals surface area contributed by atoms with Gasteiger partial charge in [-0.05, 0) is 25.3 Å². The van der Waals surface area contributed by atoms with Crippen molar-refractivity contribution in [1.29, 1.82) is 0 Å². The summed E-state index contributed by atoms with van der Waals surface area (Å²) in [5.41, 5.74) is 1.43. The first-order valence-electron chi connectivity index (χ1n) is 7.41. The number of aliphatic hydroxyl groups is 1. The van der Waals surface area contributed by atoms with Gasteiger partial charge in [0, 0.05) is 18.2 Å². The van der Waals surface area contributed by atoms with E-state index in [1.54, 1.807) is 0 Å². The lowest BCUT2D eigenvalue weighted by atomic mass is 9.93. The zero-order valence-corrected chi connectivity index (χ0v) is 13.7. The van der Waals surface area contributed by atoms with Crippen LogP contribution in [0.4, 0.5) is 0 Å². The molecule has 1 atom stereocenters. The van der Waals surface area contributed by atoms with Crippen LogP contribution in [-0.2, 0) is 6.54 Å². The van der Waals surface area contributed by atoms with E-state index in [1.807, 2.05) is 39.8 Å². The minimum Gasteiger partial charge on any atom is -0.490 e. The summed E-state index contributed by atoms with van der Waals surface area (Å²) in [6.07, 6.45) is 0. The van der Waals surface area contributed by atoms with Crippen LogP contribution < -0.4 is 10.1 Å². The second-order valence-electron chi connectivity index (χ2n) is 6.40. The quantitative estimate of drug-likeness (QED) is 0.805. The number of ether oxygens (including phenoxy) is 1. The van der Waals surface area contributed by atoms with Gasteiger partial charge in [0.1, 0.15) is 12.4 Å². The second-order valence-corrected chi connectivity index (χ2v) is 6.40. The molecule has 1 aromatic carbocycles. The van der Waals surface area contributed by atoms with Gasteiger partial charge >= 0.3 is 0 Å². The van der Waals surface area contributed by atoms with E-state index in [4.69, 9.17) is 4.74 Å². The molecule has 0 heterocycles. The van der Waals surface area contributed by atoms with E-state index < -0.39 is 5.60 Å². The van der Waals surface area contributed by atoms with Crippen LogP contribution in [0.15, 0.2) is 18.2 Å². The molecule has 3 nitrogen and oxygen atoms in total. The van der Waals surface area contributed by atoms with Crippen LogP contribution in [-0.4, -0.2) is 23.4 Å².